The summed E-state index contributed by atoms with van der Waals surface area (Å²) < 4.78 is 36.0. The van der Waals surface area contributed by atoms with Crippen molar-refractivity contribution in [1.82, 2.24) is 15.5 Å². The van der Waals surface area contributed by atoms with Crippen molar-refractivity contribution in [2.45, 2.75) is 31.7 Å². The Bertz CT molecular complexity index is 1350. The summed E-state index contributed by atoms with van der Waals surface area (Å²) in [4.78, 5) is 40.4. The molecule has 0 spiro atoms. The Morgan fingerprint density at radius 2 is 1.75 bits per heavy atom. The second-order valence-corrected chi connectivity index (χ2v) is 9.87. The molecule has 210 valence electrons. The number of nitrogens with one attached hydrogen (secondary N) is 3. The van der Waals surface area contributed by atoms with E-state index in [1.807, 2.05) is 18.2 Å². The fourth-order valence-electron chi connectivity index (χ4n) is 4.13. The minimum absolute atomic E-state index is 0.105. The van der Waals surface area contributed by atoms with Gasteiger partial charge in [0.15, 0.2) is 0 Å². The summed E-state index contributed by atoms with van der Waals surface area (Å²) >= 11 is 1.29. The molecule has 1 aromatic heterocycles. The summed E-state index contributed by atoms with van der Waals surface area (Å²) in [5.41, 5.74) is 6.26. The number of hydrogen-bond acceptors (Lipinski definition) is 7. The second-order valence-electron chi connectivity index (χ2n) is 8.87. The molecule has 1 fully saturated rings. The lowest BCUT2D eigenvalue weighted by Gasteiger charge is -2.23. The van der Waals surface area contributed by atoms with Crippen LogP contribution >= 0.6 is 11.3 Å². The van der Waals surface area contributed by atoms with E-state index in [1.165, 1.54) is 11.3 Å². The van der Waals surface area contributed by atoms with E-state index in [2.05, 4.69) is 15.4 Å². The molecule has 1 saturated heterocycles. The van der Waals surface area contributed by atoms with Crippen LogP contribution in [0, 0.1) is 5.41 Å². The van der Waals surface area contributed by atoms with Crippen molar-refractivity contribution < 1.29 is 32.6 Å². The highest BCUT2D eigenvalue weighted by atomic mass is 32.1. The van der Waals surface area contributed by atoms with Gasteiger partial charge in [-0.3, -0.25) is 19.8 Å². The fraction of sp³-hybridized carbons (Fsp3) is 0.259. The lowest BCUT2D eigenvalue weighted by atomic mass is 10.1. The van der Waals surface area contributed by atoms with Gasteiger partial charge < -0.3 is 30.7 Å². The van der Waals surface area contributed by atoms with Crippen LogP contribution < -0.4 is 21.1 Å². The van der Waals surface area contributed by atoms with E-state index in [9.17, 15) is 23.2 Å². The van der Waals surface area contributed by atoms with Crippen LogP contribution in [0.25, 0.3) is 0 Å². The van der Waals surface area contributed by atoms with E-state index in [-0.39, 0.29) is 30.9 Å². The first-order chi connectivity index (χ1) is 19.2. The quantitative estimate of drug-likeness (QED) is 0.206. The number of thiophene rings is 1. The Labute approximate surface area is 232 Å². The third-order valence-electron chi connectivity index (χ3n) is 6.08. The van der Waals surface area contributed by atoms with Crippen LogP contribution in [0.4, 0.5) is 8.78 Å². The SMILES string of the molecule is N=C(N)c1csc(CNC(=O)[C@@H]2C[C@@H](OC(F)F)CN2C(=O)CNC(=O)c2ccc(Oc3ccccc3)cc2)c1. The molecule has 0 radical (unpaired) electrons. The van der Waals surface area contributed by atoms with Gasteiger partial charge >= 0.3 is 6.61 Å². The number of rotatable bonds is 11. The highest BCUT2D eigenvalue weighted by molar-refractivity contribution is 7.10. The lowest BCUT2D eigenvalue weighted by molar-refractivity contribution is -0.160. The number of likely N-dealkylation sites (tertiary alicyclic amines) is 1. The van der Waals surface area contributed by atoms with E-state index in [4.69, 9.17) is 15.9 Å². The Morgan fingerprint density at radius 1 is 1.05 bits per heavy atom. The zero-order chi connectivity index (χ0) is 28.6. The fourth-order valence-corrected chi connectivity index (χ4v) is 4.95. The van der Waals surface area contributed by atoms with Crippen LogP contribution in [0.5, 0.6) is 11.5 Å². The van der Waals surface area contributed by atoms with Gasteiger partial charge in [-0.05, 0) is 42.5 Å². The molecule has 40 heavy (non-hydrogen) atoms. The van der Waals surface area contributed by atoms with Gasteiger partial charge in [0.2, 0.25) is 11.8 Å². The molecule has 3 aromatic rings. The minimum atomic E-state index is -3.06. The van der Waals surface area contributed by atoms with Crippen LogP contribution in [0.2, 0.25) is 0 Å². The van der Waals surface area contributed by atoms with Crippen LogP contribution in [0.3, 0.4) is 0 Å². The molecular formula is C27H27F2N5O5S. The number of carbonyl (C=O) groups excluding carboxylic acids is 3. The smallest absolute Gasteiger partial charge is 0.345 e. The first kappa shape index (κ1) is 28.6. The van der Waals surface area contributed by atoms with Crippen LogP contribution in [-0.4, -0.2) is 60.3 Å². The normalized spacial score (nSPS) is 16.5. The minimum Gasteiger partial charge on any atom is -0.457 e. The zero-order valence-electron chi connectivity index (χ0n) is 21.1. The maximum absolute atomic E-state index is 13.0. The van der Waals surface area contributed by atoms with Crippen LogP contribution in [-0.2, 0) is 20.9 Å². The zero-order valence-corrected chi connectivity index (χ0v) is 22.0. The monoisotopic (exact) mass is 571 g/mol. The summed E-state index contributed by atoms with van der Waals surface area (Å²) in [6.07, 6.45) is -1.17. The number of amidine groups is 1. The number of nitrogen functional groups attached to an aromatic ring is 1. The lowest BCUT2D eigenvalue weighted by Crippen LogP contribution is -2.48. The molecule has 5 N–H and O–H groups in total. The van der Waals surface area contributed by atoms with E-state index < -0.39 is 43.0 Å². The molecule has 2 atom stereocenters. The summed E-state index contributed by atoms with van der Waals surface area (Å²) in [7, 11) is 0. The molecule has 3 amide bonds. The number of carbonyl (C=O) groups is 3. The standard InChI is InChI=1S/C27H27F2N5O5S/c28-27(29)39-20-11-22(26(37)32-12-21-10-17(15-40-21)24(30)31)34(14-20)23(35)13-33-25(36)16-6-8-19(9-7-16)38-18-4-2-1-3-5-18/h1-10,15,20,22,27H,11-14H2,(H3,30,31)(H,32,37)(H,33,36)/t20-,22+/m1/s1. The van der Waals surface area contributed by atoms with Gasteiger partial charge in [0, 0.05) is 34.3 Å². The number of nitrogens with zero attached hydrogens (tertiary/aromatic N) is 1. The maximum Gasteiger partial charge on any atom is 0.345 e. The van der Waals surface area contributed by atoms with Crippen molar-refractivity contribution in [3.8, 4) is 11.5 Å². The van der Waals surface area contributed by atoms with Crippen molar-refractivity contribution in [2.75, 3.05) is 13.1 Å². The van der Waals surface area contributed by atoms with Crippen molar-refractivity contribution >= 4 is 34.9 Å². The van der Waals surface area contributed by atoms with Gasteiger partial charge in [-0.2, -0.15) is 8.78 Å². The largest absolute Gasteiger partial charge is 0.457 e. The molecule has 0 bridgehead atoms. The highest BCUT2D eigenvalue weighted by Crippen LogP contribution is 2.24. The molecule has 1 aliphatic heterocycles. The van der Waals surface area contributed by atoms with Crippen molar-refractivity contribution in [3.05, 3.63) is 82.0 Å². The molecule has 1 aliphatic rings. The van der Waals surface area contributed by atoms with Gasteiger partial charge in [-0.1, -0.05) is 18.2 Å². The number of para-hydroxylation sites is 1. The third kappa shape index (κ3) is 7.61. The molecule has 2 aromatic carbocycles. The maximum atomic E-state index is 13.0. The van der Waals surface area contributed by atoms with E-state index in [1.54, 1.807) is 47.8 Å². The van der Waals surface area contributed by atoms with Crippen molar-refractivity contribution in [2.24, 2.45) is 5.73 Å². The summed E-state index contributed by atoms with van der Waals surface area (Å²) in [6.45, 7) is -3.63. The second kappa shape index (κ2) is 13.1. The average Bonchev–Trinajstić information content (AvgIpc) is 3.59. The Hall–Kier alpha value is -4.36. The summed E-state index contributed by atoms with van der Waals surface area (Å²) in [5, 5.41) is 14.3. The van der Waals surface area contributed by atoms with E-state index >= 15 is 0 Å². The highest BCUT2D eigenvalue weighted by Gasteiger charge is 2.41. The third-order valence-corrected chi connectivity index (χ3v) is 7.01. The Balaban J connectivity index is 1.34. The number of benzene rings is 2. The number of hydrogen-bond donors (Lipinski definition) is 4. The van der Waals surface area contributed by atoms with Gasteiger partial charge in [-0.15, -0.1) is 11.3 Å². The average molecular weight is 572 g/mol. The number of ether oxygens (including phenoxy) is 2. The van der Waals surface area contributed by atoms with Crippen molar-refractivity contribution in [1.29, 1.82) is 5.41 Å². The van der Waals surface area contributed by atoms with Gasteiger partial charge in [0.1, 0.15) is 23.4 Å². The molecule has 4 rings (SSSR count). The molecule has 2 heterocycles. The first-order valence-electron chi connectivity index (χ1n) is 12.2. The molecule has 0 aliphatic carbocycles. The molecular weight excluding hydrogens is 544 g/mol. The summed E-state index contributed by atoms with van der Waals surface area (Å²) in [6, 6.07) is 16.0. The number of alkyl halides is 2. The molecule has 0 saturated carbocycles. The van der Waals surface area contributed by atoms with Gasteiger partial charge in [-0.25, -0.2) is 0 Å². The predicted octanol–water partition coefficient (Wildman–Crippen LogP) is 3.08. The van der Waals surface area contributed by atoms with Crippen LogP contribution in [0.1, 0.15) is 27.2 Å². The van der Waals surface area contributed by atoms with E-state index in [0.29, 0.717) is 17.1 Å². The molecule has 10 nitrogen and oxygen atoms in total. The van der Waals surface area contributed by atoms with Crippen molar-refractivity contribution in [3.63, 3.8) is 0 Å². The van der Waals surface area contributed by atoms with Gasteiger partial charge in [0.25, 0.3) is 5.91 Å². The first-order valence-corrected chi connectivity index (χ1v) is 13.1. The number of nitrogens with two attached hydrogens (primary N) is 1. The van der Waals surface area contributed by atoms with E-state index in [0.717, 1.165) is 9.78 Å². The molecule has 0 unspecified atom stereocenters. The summed E-state index contributed by atoms with van der Waals surface area (Å²) in [5.74, 6) is -0.638. The Morgan fingerprint density at radius 3 is 2.40 bits per heavy atom. The molecule has 13 heteroatoms. The number of amides is 3. The topological polar surface area (TPSA) is 147 Å². The number of halogens is 2. The predicted molar refractivity (Wildman–Crippen MR) is 143 cm³/mol. The Kier molecular flexibility index (Phi) is 9.40. The van der Waals surface area contributed by atoms with Crippen LogP contribution in [0.15, 0.2) is 66.0 Å². The van der Waals surface area contributed by atoms with Gasteiger partial charge in [0.05, 0.1) is 19.2 Å².